The first-order valence-electron chi connectivity index (χ1n) is 6.16. The van der Waals surface area contributed by atoms with Crippen LogP contribution in [0.25, 0.3) is 0 Å². The zero-order valence-electron chi connectivity index (χ0n) is 10.4. The average molecular weight is 236 g/mol. The lowest BCUT2D eigenvalue weighted by Gasteiger charge is -2.39. The van der Waals surface area contributed by atoms with Crippen molar-refractivity contribution >= 4 is 5.91 Å². The third-order valence-corrected chi connectivity index (χ3v) is 3.54. The van der Waals surface area contributed by atoms with Gasteiger partial charge in [0.25, 0.3) is 5.91 Å². The van der Waals surface area contributed by atoms with Crippen molar-refractivity contribution in [1.29, 1.82) is 0 Å². The fourth-order valence-electron chi connectivity index (χ4n) is 2.54. The van der Waals surface area contributed by atoms with Gasteiger partial charge in [-0.3, -0.25) is 9.89 Å². The summed E-state index contributed by atoms with van der Waals surface area (Å²) in [6, 6.07) is 1.93. The normalized spacial score (nSPS) is 25.0. The molecule has 17 heavy (non-hydrogen) atoms. The van der Waals surface area contributed by atoms with Crippen LogP contribution in [0.15, 0.2) is 6.07 Å². The molecule has 0 unspecified atom stereocenters. The van der Waals surface area contributed by atoms with Crippen LogP contribution < -0.4 is 5.73 Å². The summed E-state index contributed by atoms with van der Waals surface area (Å²) in [6.07, 6.45) is 2.19. The van der Waals surface area contributed by atoms with Crippen molar-refractivity contribution in [2.45, 2.75) is 32.7 Å². The van der Waals surface area contributed by atoms with Crippen molar-refractivity contribution in [3.8, 4) is 0 Å². The number of amides is 1. The maximum absolute atomic E-state index is 12.3. The second-order valence-corrected chi connectivity index (χ2v) is 4.86. The minimum absolute atomic E-state index is 0.00338. The Balaban J connectivity index is 2.17. The van der Waals surface area contributed by atoms with Crippen LogP contribution in [0.4, 0.5) is 0 Å². The number of H-pyrrole nitrogens is 1. The number of aromatic nitrogens is 2. The highest BCUT2D eigenvalue weighted by molar-refractivity contribution is 5.92. The van der Waals surface area contributed by atoms with Crippen LogP contribution in [0.2, 0.25) is 0 Å². The second kappa shape index (κ2) is 4.87. The molecule has 1 aromatic heterocycles. The van der Waals surface area contributed by atoms with Gasteiger partial charge >= 0.3 is 0 Å². The number of carbonyl (C=O) groups excluding carboxylic acids is 1. The van der Waals surface area contributed by atoms with Crippen LogP contribution in [-0.4, -0.2) is 40.1 Å². The Bertz CT molecular complexity index is 401. The Morgan fingerprint density at radius 3 is 3.06 bits per heavy atom. The van der Waals surface area contributed by atoms with E-state index in [9.17, 15) is 4.79 Å². The van der Waals surface area contributed by atoms with Gasteiger partial charge in [0.05, 0.1) is 0 Å². The zero-order chi connectivity index (χ0) is 12.4. The molecule has 0 aromatic carbocycles. The first-order chi connectivity index (χ1) is 8.13. The minimum atomic E-state index is -0.00338. The lowest BCUT2D eigenvalue weighted by Crippen LogP contribution is -2.51. The zero-order valence-corrected chi connectivity index (χ0v) is 10.4. The summed E-state index contributed by atoms with van der Waals surface area (Å²) in [6.45, 7) is 5.36. The highest BCUT2D eigenvalue weighted by Gasteiger charge is 2.32. The van der Waals surface area contributed by atoms with E-state index in [4.69, 9.17) is 5.73 Å². The van der Waals surface area contributed by atoms with Gasteiger partial charge in [-0.15, -0.1) is 0 Å². The van der Waals surface area contributed by atoms with E-state index in [1.165, 1.54) is 0 Å². The Morgan fingerprint density at radius 1 is 1.71 bits per heavy atom. The van der Waals surface area contributed by atoms with Crippen molar-refractivity contribution in [1.82, 2.24) is 15.1 Å². The molecule has 0 aliphatic carbocycles. The monoisotopic (exact) mass is 236 g/mol. The van der Waals surface area contributed by atoms with Crippen molar-refractivity contribution in [3.05, 3.63) is 17.5 Å². The van der Waals surface area contributed by atoms with Crippen LogP contribution >= 0.6 is 0 Å². The van der Waals surface area contributed by atoms with Crippen LogP contribution in [0, 0.1) is 12.8 Å². The first kappa shape index (κ1) is 12.1. The number of carbonyl (C=O) groups is 1. The van der Waals surface area contributed by atoms with E-state index in [1.54, 1.807) is 6.07 Å². The lowest BCUT2D eigenvalue weighted by atomic mass is 9.90. The van der Waals surface area contributed by atoms with Crippen molar-refractivity contribution < 1.29 is 4.79 Å². The summed E-state index contributed by atoms with van der Waals surface area (Å²) in [5.74, 6) is 0.467. The lowest BCUT2D eigenvalue weighted by molar-refractivity contribution is 0.0526. The van der Waals surface area contributed by atoms with Crippen LogP contribution in [0.3, 0.4) is 0 Å². The van der Waals surface area contributed by atoms with Crippen LogP contribution in [0.1, 0.15) is 35.9 Å². The maximum Gasteiger partial charge on any atom is 0.274 e. The number of nitrogens with one attached hydrogen (secondary N) is 1. The Hall–Kier alpha value is -1.36. The Kier molecular flexibility index (Phi) is 3.47. The number of likely N-dealkylation sites (tertiary alicyclic amines) is 1. The topological polar surface area (TPSA) is 75.0 Å². The molecule has 2 heterocycles. The Morgan fingerprint density at radius 2 is 2.47 bits per heavy atom. The number of aryl methyl sites for hydroxylation is 1. The Labute approximate surface area is 101 Å². The largest absolute Gasteiger partial charge is 0.333 e. The first-order valence-corrected chi connectivity index (χ1v) is 6.16. The van der Waals surface area contributed by atoms with Crippen molar-refractivity contribution in [2.24, 2.45) is 11.7 Å². The summed E-state index contributed by atoms with van der Waals surface area (Å²) in [5, 5.41) is 6.83. The summed E-state index contributed by atoms with van der Waals surface area (Å²) in [7, 11) is 0. The standard InChI is InChI=1S/C12H20N4O/c1-8-4-3-5-16(11(8)7-13)12(17)10-6-9(2)14-15-10/h6,8,11H,3-5,7,13H2,1-2H3,(H,14,15)/t8-,11-/m0/s1. The molecular weight excluding hydrogens is 216 g/mol. The molecule has 1 aliphatic heterocycles. The van der Waals surface area contributed by atoms with E-state index in [-0.39, 0.29) is 11.9 Å². The average Bonchev–Trinajstić information content (AvgIpc) is 2.74. The number of hydrogen-bond donors (Lipinski definition) is 2. The third kappa shape index (κ3) is 2.34. The van der Waals surface area contributed by atoms with E-state index < -0.39 is 0 Å². The third-order valence-electron chi connectivity index (χ3n) is 3.54. The molecule has 2 rings (SSSR count). The molecule has 0 saturated carbocycles. The predicted octanol–water partition coefficient (Wildman–Crippen LogP) is 0.918. The molecule has 94 valence electrons. The molecule has 1 fully saturated rings. The van der Waals surface area contributed by atoms with Gasteiger partial charge in [-0.1, -0.05) is 6.92 Å². The highest BCUT2D eigenvalue weighted by Crippen LogP contribution is 2.23. The molecule has 1 amide bonds. The molecule has 0 bridgehead atoms. The van der Waals surface area contributed by atoms with Crippen LogP contribution in [-0.2, 0) is 0 Å². The number of piperidine rings is 1. The van der Waals surface area contributed by atoms with Gasteiger partial charge in [0.15, 0.2) is 0 Å². The molecule has 2 atom stereocenters. The smallest absolute Gasteiger partial charge is 0.274 e. The molecule has 1 saturated heterocycles. The van der Waals surface area contributed by atoms with Gasteiger partial charge in [-0.25, -0.2) is 0 Å². The highest BCUT2D eigenvalue weighted by atomic mass is 16.2. The molecule has 5 nitrogen and oxygen atoms in total. The van der Waals surface area contributed by atoms with E-state index in [1.807, 2.05) is 11.8 Å². The predicted molar refractivity (Wildman–Crippen MR) is 65.6 cm³/mol. The molecule has 3 N–H and O–H groups in total. The summed E-state index contributed by atoms with van der Waals surface area (Å²) >= 11 is 0. The van der Waals surface area contributed by atoms with Crippen molar-refractivity contribution in [3.63, 3.8) is 0 Å². The number of nitrogens with zero attached hydrogens (tertiary/aromatic N) is 2. The quantitative estimate of drug-likeness (QED) is 0.801. The van der Waals surface area contributed by atoms with E-state index in [0.29, 0.717) is 18.2 Å². The van der Waals surface area contributed by atoms with E-state index in [2.05, 4.69) is 17.1 Å². The van der Waals surface area contributed by atoms with Gasteiger partial charge in [0.2, 0.25) is 0 Å². The minimum Gasteiger partial charge on any atom is -0.333 e. The molecule has 1 aromatic rings. The molecule has 5 heteroatoms. The van der Waals surface area contributed by atoms with E-state index >= 15 is 0 Å². The van der Waals surface area contributed by atoms with Gasteiger partial charge in [-0.05, 0) is 31.7 Å². The molecular formula is C12H20N4O. The van der Waals surface area contributed by atoms with Gasteiger partial charge in [0, 0.05) is 24.8 Å². The van der Waals surface area contributed by atoms with Gasteiger partial charge in [0.1, 0.15) is 5.69 Å². The fourth-order valence-corrected chi connectivity index (χ4v) is 2.54. The molecule has 0 radical (unpaired) electrons. The number of rotatable bonds is 2. The van der Waals surface area contributed by atoms with Gasteiger partial charge in [-0.2, -0.15) is 5.10 Å². The van der Waals surface area contributed by atoms with Gasteiger partial charge < -0.3 is 10.6 Å². The van der Waals surface area contributed by atoms with Crippen molar-refractivity contribution in [2.75, 3.05) is 13.1 Å². The van der Waals surface area contributed by atoms with Crippen LogP contribution in [0.5, 0.6) is 0 Å². The molecule has 1 aliphatic rings. The fraction of sp³-hybridized carbons (Fsp3) is 0.667. The van der Waals surface area contributed by atoms with E-state index in [0.717, 1.165) is 25.1 Å². The summed E-state index contributed by atoms with van der Waals surface area (Å²) < 4.78 is 0. The summed E-state index contributed by atoms with van der Waals surface area (Å²) in [5.41, 5.74) is 7.18. The number of hydrogen-bond acceptors (Lipinski definition) is 3. The number of nitrogens with two attached hydrogens (primary N) is 1. The molecule has 0 spiro atoms. The second-order valence-electron chi connectivity index (χ2n) is 4.86. The SMILES string of the molecule is Cc1cc(C(=O)N2CCC[C@H](C)[C@@H]2CN)n[nH]1. The summed E-state index contributed by atoms with van der Waals surface area (Å²) in [4.78, 5) is 14.2. The number of aromatic amines is 1. The maximum atomic E-state index is 12.3.